The van der Waals surface area contributed by atoms with E-state index >= 15 is 0 Å². The van der Waals surface area contributed by atoms with Crippen molar-refractivity contribution in [3.8, 4) is 0 Å². The van der Waals surface area contributed by atoms with Crippen molar-refractivity contribution < 1.29 is 14.3 Å². The smallest absolute Gasteiger partial charge is 0.413 e. The summed E-state index contributed by atoms with van der Waals surface area (Å²) in [6.07, 6.45) is -0.326. The maximum atomic E-state index is 12.5. The zero-order chi connectivity index (χ0) is 19.2. The van der Waals surface area contributed by atoms with Crippen LogP contribution in [-0.2, 0) is 16.0 Å². The summed E-state index contributed by atoms with van der Waals surface area (Å²) in [6.45, 7) is 4.79. The van der Waals surface area contributed by atoms with Crippen molar-refractivity contribution in [1.29, 1.82) is 0 Å². The number of anilines is 2. The van der Waals surface area contributed by atoms with Gasteiger partial charge in [-0.25, -0.2) is 9.78 Å². The number of halogens is 1. The van der Waals surface area contributed by atoms with Crippen LogP contribution in [0.25, 0.3) is 0 Å². The summed E-state index contributed by atoms with van der Waals surface area (Å²) < 4.78 is 4.81. The molecule has 1 saturated heterocycles. The number of rotatable bonds is 5. The molecular formula is C18H21ClN4O3S. The summed E-state index contributed by atoms with van der Waals surface area (Å²) in [4.78, 5) is 32.3. The van der Waals surface area contributed by atoms with Gasteiger partial charge in [-0.3, -0.25) is 10.1 Å². The summed E-state index contributed by atoms with van der Waals surface area (Å²) in [6, 6.07) is 7.74. The molecule has 1 aliphatic rings. The highest BCUT2D eigenvalue weighted by Gasteiger charge is 2.23. The minimum atomic E-state index is -0.541. The van der Waals surface area contributed by atoms with Crippen molar-refractivity contribution in [3.63, 3.8) is 0 Å². The molecule has 1 aromatic carbocycles. The quantitative estimate of drug-likeness (QED) is 0.821. The molecule has 0 aliphatic carbocycles. The molecule has 27 heavy (non-hydrogen) atoms. The van der Waals surface area contributed by atoms with Gasteiger partial charge in [-0.05, 0) is 19.1 Å². The lowest BCUT2D eigenvalue weighted by molar-refractivity contribution is -0.130. The summed E-state index contributed by atoms with van der Waals surface area (Å²) in [7, 11) is 0. The fourth-order valence-corrected chi connectivity index (χ4v) is 3.82. The van der Waals surface area contributed by atoms with E-state index in [1.807, 2.05) is 29.2 Å². The molecule has 0 atom stereocenters. The first-order valence-corrected chi connectivity index (χ1v) is 9.98. The molecule has 1 aliphatic heterocycles. The Morgan fingerprint density at radius 2 is 2.00 bits per heavy atom. The normalized spacial score (nSPS) is 14.1. The lowest BCUT2D eigenvalue weighted by Gasteiger charge is -2.36. The lowest BCUT2D eigenvalue weighted by Crippen LogP contribution is -2.49. The second-order valence-electron chi connectivity index (χ2n) is 5.99. The van der Waals surface area contributed by atoms with E-state index in [1.165, 1.54) is 11.3 Å². The van der Waals surface area contributed by atoms with Gasteiger partial charge in [0, 0.05) is 31.6 Å². The first-order chi connectivity index (χ1) is 13.1. The Morgan fingerprint density at radius 1 is 1.26 bits per heavy atom. The molecule has 1 fully saturated rings. The number of nitrogens with one attached hydrogen (secondary N) is 1. The number of piperazine rings is 1. The standard InChI is InChI=1S/C18H21ClN4O3S/c1-2-26-18(25)21-17-20-13(12-27-17)11-16(24)23-9-7-22(8-10-23)15-6-4-3-5-14(15)19/h3-6,12H,2,7-11H2,1H3,(H,20,21,25). The van der Waals surface area contributed by atoms with Crippen LogP contribution in [-0.4, -0.2) is 54.7 Å². The van der Waals surface area contributed by atoms with Crippen molar-refractivity contribution in [2.75, 3.05) is 43.0 Å². The molecule has 0 radical (unpaired) electrons. The maximum absolute atomic E-state index is 12.5. The number of carbonyl (C=O) groups is 2. The minimum Gasteiger partial charge on any atom is -0.450 e. The molecule has 1 aromatic heterocycles. The van der Waals surface area contributed by atoms with E-state index in [2.05, 4.69) is 15.2 Å². The van der Waals surface area contributed by atoms with Crippen LogP contribution in [0, 0.1) is 0 Å². The van der Waals surface area contributed by atoms with E-state index in [9.17, 15) is 9.59 Å². The number of para-hydroxylation sites is 1. The molecule has 3 rings (SSSR count). The van der Waals surface area contributed by atoms with Crippen LogP contribution in [0.2, 0.25) is 5.02 Å². The number of hydrogen-bond donors (Lipinski definition) is 1. The average molecular weight is 409 g/mol. The Balaban J connectivity index is 1.51. The number of carbonyl (C=O) groups excluding carboxylic acids is 2. The maximum Gasteiger partial charge on any atom is 0.413 e. The van der Waals surface area contributed by atoms with Crippen molar-refractivity contribution in [2.24, 2.45) is 0 Å². The van der Waals surface area contributed by atoms with Crippen molar-refractivity contribution in [2.45, 2.75) is 13.3 Å². The van der Waals surface area contributed by atoms with Crippen LogP contribution in [0.4, 0.5) is 15.6 Å². The van der Waals surface area contributed by atoms with Gasteiger partial charge in [0.05, 0.1) is 29.4 Å². The number of ether oxygens (including phenoxy) is 1. The topological polar surface area (TPSA) is 74.8 Å². The first-order valence-electron chi connectivity index (χ1n) is 8.72. The molecule has 0 spiro atoms. The second kappa shape index (κ2) is 9.05. The van der Waals surface area contributed by atoms with Gasteiger partial charge in [0.25, 0.3) is 0 Å². The van der Waals surface area contributed by atoms with Crippen LogP contribution >= 0.6 is 22.9 Å². The van der Waals surface area contributed by atoms with E-state index in [0.29, 0.717) is 30.5 Å². The zero-order valence-corrected chi connectivity index (χ0v) is 16.6. The Bertz CT molecular complexity index is 805. The third-order valence-electron chi connectivity index (χ3n) is 4.19. The molecule has 2 amide bonds. The highest BCUT2D eigenvalue weighted by Crippen LogP contribution is 2.26. The van der Waals surface area contributed by atoms with Gasteiger partial charge in [-0.1, -0.05) is 23.7 Å². The van der Waals surface area contributed by atoms with E-state index in [1.54, 1.807) is 12.3 Å². The van der Waals surface area contributed by atoms with Gasteiger partial charge < -0.3 is 14.5 Å². The van der Waals surface area contributed by atoms with Gasteiger partial charge in [0.1, 0.15) is 0 Å². The van der Waals surface area contributed by atoms with Crippen molar-refractivity contribution in [1.82, 2.24) is 9.88 Å². The van der Waals surface area contributed by atoms with Gasteiger partial charge in [-0.2, -0.15) is 0 Å². The fraction of sp³-hybridized carbons (Fsp3) is 0.389. The Labute approximate surface area is 166 Å². The molecule has 2 heterocycles. The fourth-order valence-electron chi connectivity index (χ4n) is 2.87. The van der Waals surface area contributed by atoms with Crippen LogP contribution in [0.15, 0.2) is 29.6 Å². The molecule has 144 valence electrons. The van der Waals surface area contributed by atoms with Crippen molar-refractivity contribution >= 4 is 45.8 Å². The monoisotopic (exact) mass is 408 g/mol. The van der Waals surface area contributed by atoms with Gasteiger partial charge in [0.15, 0.2) is 5.13 Å². The number of benzene rings is 1. The highest BCUT2D eigenvalue weighted by atomic mass is 35.5. The van der Waals surface area contributed by atoms with Gasteiger partial charge >= 0.3 is 6.09 Å². The number of aromatic nitrogens is 1. The first kappa shape index (κ1) is 19.4. The SMILES string of the molecule is CCOC(=O)Nc1nc(CC(=O)N2CCN(c3ccccc3Cl)CC2)cs1. The van der Waals surface area contributed by atoms with E-state index in [0.717, 1.165) is 23.8 Å². The predicted octanol–water partition coefficient (Wildman–Crippen LogP) is 3.26. The molecule has 1 N–H and O–H groups in total. The summed E-state index contributed by atoms with van der Waals surface area (Å²) in [5.41, 5.74) is 1.64. The molecule has 7 nitrogen and oxygen atoms in total. The highest BCUT2D eigenvalue weighted by molar-refractivity contribution is 7.13. The van der Waals surface area contributed by atoms with Gasteiger partial charge in [0.2, 0.25) is 5.91 Å². The van der Waals surface area contributed by atoms with E-state index < -0.39 is 6.09 Å². The third-order valence-corrected chi connectivity index (χ3v) is 5.32. The summed E-state index contributed by atoms with van der Waals surface area (Å²) >= 11 is 7.53. The van der Waals surface area contributed by atoms with Crippen molar-refractivity contribution in [3.05, 3.63) is 40.4 Å². The van der Waals surface area contributed by atoms with Crippen LogP contribution in [0.5, 0.6) is 0 Å². The Hall–Kier alpha value is -2.32. The summed E-state index contributed by atoms with van der Waals surface area (Å²) in [5, 5.41) is 5.48. The predicted molar refractivity (Wildman–Crippen MR) is 107 cm³/mol. The number of amides is 2. The number of thiazole rings is 1. The Morgan fingerprint density at radius 3 is 2.70 bits per heavy atom. The molecule has 0 unspecified atom stereocenters. The van der Waals surface area contributed by atoms with Crippen LogP contribution < -0.4 is 10.2 Å². The molecule has 0 saturated carbocycles. The zero-order valence-electron chi connectivity index (χ0n) is 15.0. The second-order valence-corrected chi connectivity index (χ2v) is 7.25. The minimum absolute atomic E-state index is 0.0294. The number of nitrogens with zero attached hydrogens (tertiary/aromatic N) is 3. The molecule has 9 heteroatoms. The van der Waals surface area contributed by atoms with Gasteiger partial charge in [-0.15, -0.1) is 11.3 Å². The lowest BCUT2D eigenvalue weighted by atomic mass is 10.2. The van der Waals surface area contributed by atoms with Crippen LogP contribution in [0.1, 0.15) is 12.6 Å². The third kappa shape index (κ3) is 5.11. The number of hydrogen-bond acceptors (Lipinski definition) is 6. The molecular weight excluding hydrogens is 388 g/mol. The largest absolute Gasteiger partial charge is 0.450 e. The van der Waals surface area contributed by atoms with E-state index in [4.69, 9.17) is 16.3 Å². The van der Waals surface area contributed by atoms with E-state index in [-0.39, 0.29) is 12.3 Å². The van der Waals surface area contributed by atoms with Crippen LogP contribution in [0.3, 0.4) is 0 Å². The Kier molecular flexibility index (Phi) is 6.52. The average Bonchev–Trinajstić information content (AvgIpc) is 3.09. The summed E-state index contributed by atoms with van der Waals surface area (Å²) in [5.74, 6) is 0.0294. The molecule has 0 bridgehead atoms. The molecule has 2 aromatic rings.